The largest absolute Gasteiger partial charge is 0.381 e. The molecule has 0 aromatic heterocycles. The highest BCUT2D eigenvalue weighted by molar-refractivity contribution is 5.46. The molecule has 1 atom stereocenters. The lowest BCUT2D eigenvalue weighted by Gasteiger charge is -2.32. The molecule has 2 heteroatoms. The van der Waals surface area contributed by atoms with Gasteiger partial charge in [0.05, 0.1) is 0 Å². The van der Waals surface area contributed by atoms with E-state index >= 15 is 0 Å². The Balaban J connectivity index is 1.92. The highest BCUT2D eigenvalue weighted by Gasteiger charge is 2.18. The predicted octanol–water partition coefficient (Wildman–Crippen LogP) is 3.71. The molecule has 1 aliphatic heterocycles. The molecule has 0 bridgehead atoms. The molecular formula is C16H26N2. The smallest absolute Gasteiger partial charge is 0.0388 e. The summed E-state index contributed by atoms with van der Waals surface area (Å²) in [6.45, 7) is 10.3. The molecule has 1 aliphatic rings. The Morgan fingerprint density at radius 2 is 2.00 bits per heavy atom. The molecule has 18 heavy (non-hydrogen) atoms. The van der Waals surface area contributed by atoms with Gasteiger partial charge in [-0.2, -0.15) is 0 Å². The van der Waals surface area contributed by atoms with Crippen LogP contribution in [0.4, 0.5) is 5.69 Å². The van der Waals surface area contributed by atoms with Gasteiger partial charge in [-0.1, -0.05) is 32.9 Å². The molecule has 1 aromatic rings. The first kappa shape index (κ1) is 13.4. The lowest BCUT2D eigenvalue weighted by Crippen LogP contribution is -2.41. The van der Waals surface area contributed by atoms with Crippen LogP contribution in [-0.2, 0) is 0 Å². The van der Waals surface area contributed by atoms with Crippen LogP contribution in [0, 0.1) is 0 Å². The number of hydrogen-bond acceptors (Lipinski definition) is 2. The van der Waals surface area contributed by atoms with E-state index in [0.717, 1.165) is 0 Å². The molecule has 0 saturated carbocycles. The zero-order valence-electron chi connectivity index (χ0n) is 11.9. The number of piperidine rings is 1. The molecule has 0 unspecified atom stereocenters. The van der Waals surface area contributed by atoms with Crippen LogP contribution in [0.5, 0.6) is 0 Å². The molecule has 2 nitrogen and oxygen atoms in total. The van der Waals surface area contributed by atoms with Crippen LogP contribution in [0.25, 0.3) is 0 Å². The Morgan fingerprint density at radius 3 is 2.61 bits per heavy atom. The lowest BCUT2D eigenvalue weighted by atomic mass is 10.0. The van der Waals surface area contributed by atoms with Gasteiger partial charge in [0.25, 0.3) is 0 Å². The molecule has 1 saturated heterocycles. The average Bonchev–Trinajstić information content (AvgIpc) is 2.39. The lowest BCUT2D eigenvalue weighted by molar-refractivity contribution is 0.227. The zero-order valence-corrected chi connectivity index (χ0v) is 11.9. The second-order valence-electron chi connectivity index (χ2n) is 5.65. The summed E-state index contributed by atoms with van der Waals surface area (Å²) in [6, 6.07) is 9.55. The van der Waals surface area contributed by atoms with Crippen molar-refractivity contribution in [2.24, 2.45) is 0 Å². The Bertz CT molecular complexity index is 356. The zero-order chi connectivity index (χ0) is 13.0. The minimum absolute atomic E-state index is 0.614. The molecule has 0 aliphatic carbocycles. The average molecular weight is 246 g/mol. The first-order chi connectivity index (χ1) is 8.69. The van der Waals surface area contributed by atoms with Gasteiger partial charge in [0, 0.05) is 18.3 Å². The van der Waals surface area contributed by atoms with Crippen molar-refractivity contribution in [3.63, 3.8) is 0 Å². The third-order valence-corrected chi connectivity index (χ3v) is 3.90. The van der Waals surface area contributed by atoms with Crippen molar-refractivity contribution in [3.8, 4) is 0 Å². The maximum Gasteiger partial charge on any atom is 0.0388 e. The van der Waals surface area contributed by atoms with E-state index in [9.17, 15) is 0 Å². The van der Waals surface area contributed by atoms with E-state index in [1.807, 2.05) is 0 Å². The highest BCUT2D eigenvalue weighted by Crippen LogP contribution is 2.19. The summed E-state index contributed by atoms with van der Waals surface area (Å²) in [5.41, 5.74) is 2.68. The molecule has 0 radical (unpaired) electrons. The van der Waals surface area contributed by atoms with Crippen molar-refractivity contribution in [2.45, 2.75) is 45.6 Å². The van der Waals surface area contributed by atoms with Crippen molar-refractivity contribution >= 4 is 5.69 Å². The Morgan fingerprint density at radius 1 is 1.28 bits per heavy atom. The van der Waals surface area contributed by atoms with Gasteiger partial charge in [0.15, 0.2) is 0 Å². The summed E-state index contributed by atoms with van der Waals surface area (Å²) in [7, 11) is 0. The normalized spacial score (nSPS) is 21.2. The van der Waals surface area contributed by atoms with E-state index in [2.05, 4.69) is 55.3 Å². The number of likely N-dealkylation sites (tertiary alicyclic amines) is 1. The van der Waals surface area contributed by atoms with Gasteiger partial charge in [0.2, 0.25) is 0 Å². The van der Waals surface area contributed by atoms with Crippen molar-refractivity contribution in [1.82, 2.24) is 4.90 Å². The van der Waals surface area contributed by atoms with Crippen LogP contribution in [0.2, 0.25) is 0 Å². The molecule has 0 spiro atoms. The van der Waals surface area contributed by atoms with Crippen molar-refractivity contribution in [1.29, 1.82) is 0 Å². The summed E-state index contributed by atoms with van der Waals surface area (Å²) >= 11 is 0. The van der Waals surface area contributed by atoms with Gasteiger partial charge in [-0.15, -0.1) is 0 Å². The number of anilines is 1. The molecule has 1 N–H and O–H groups in total. The quantitative estimate of drug-likeness (QED) is 0.871. The number of benzene rings is 1. The summed E-state index contributed by atoms with van der Waals surface area (Å²) in [5.74, 6) is 0.615. The van der Waals surface area contributed by atoms with Gasteiger partial charge in [0.1, 0.15) is 0 Å². The van der Waals surface area contributed by atoms with Gasteiger partial charge in [-0.25, -0.2) is 0 Å². The van der Waals surface area contributed by atoms with E-state index in [-0.39, 0.29) is 0 Å². The monoisotopic (exact) mass is 246 g/mol. The summed E-state index contributed by atoms with van der Waals surface area (Å²) in [4.78, 5) is 2.53. The molecule has 1 heterocycles. The van der Waals surface area contributed by atoms with E-state index in [0.29, 0.717) is 12.0 Å². The van der Waals surface area contributed by atoms with Crippen LogP contribution in [-0.4, -0.2) is 30.6 Å². The molecule has 0 amide bonds. The number of rotatable bonds is 4. The van der Waals surface area contributed by atoms with E-state index in [4.69, 9.17) is 0 Å². The number of hydrogen-bond donors (Lipinski definition) is 1. The van der Waals surface area contributed by atoms with Gasteiger partial charge >= 0.3 is 0 Å². The maximum absolute atomic E-state index is 3.67. The minimum atomic E-state index is 0.614. The first-order valence-electron chi connectivity index (χ1n) is 7.28. The van der Waals surface area contributed by atoms with Crippen LogP contribution in [0.3, 0.4) is 0 Å². The second kappa shape index (κ2) is 6.24. The number of nitrogens with one attached hydrogen (secondary N) is 1. The fourth-order valence-electron chi connectivity index (χ4n) is 2.66. The van der Waals surface area contributed by atoms with E-state index in [1.165, 1.54) is 43.7 Å². The predicted molar refractivity (Wildman–Crippen MR) is 79.3 cm³/mol. The number of likely N-dealkylation sites (N-methyl/N-ethyl adjacent to an activating group) is 1. The summed E-state index contributed by atoms with van der Waals surface area (Å²) in [5, 5.41) is 3.67. The fraction of sp³-hybridized carbons (Fsp3) is 0.625. The van der Waals surface area contributed by atoms with Crippen molar-refractivity contribution < 1.29 is 0 Å². The number of nitrogens with zero attached hydrogens (tertiary/aromatic N) is 1. The molecular weight excluding hydrogens is 220 g/mol. The van der Waals surface area contributed by atoms with Crippen molar-refractivity contribution in [3.05, 3.63) is 29.8 Å². The Hall–Kier alpha value is -1.02. The van der Waals surface area contributed by atoms with E-state index < -0.39 is 0 Å². The first-order valence-corrected chi connectivity index (χ1v) is 7.28. The standard InChI is InChI=1S/C16H26N2/c1-4-18-11-5-6-16(12-18)17-15-9-7-14(8-10-15)13(2)3/h7-10,13,16-17H,4-6,11-12H2,1-3H3/t16-/m1/s1. The fourth-order valence-corrected chi connectivity index (χ4v) is 2.66. The molecule has 1 aromatic carbocycles. The maximum atomic E-state index is 3.67. The van der Waals surface area contributed by atoms with Crippen LogP contribution >= 0.6 is 0 Å². The SMILES string of the molecule is CCN1CCC[C@@H](Nc2ccc(C(C)C)cc2)C1. The van der Waals surface area contributed by atoms with Gasteiger partial charge < -0.3 is 10.2 Å². The molecule has 2 rings (SSSR count). The highest BCUT2D eigenvalue weighted by atomic mass is 15.2. The van der Waals surface area contributed by atoms with Crippen LogP contribution in [0.15, 0.2) is 24.3 Å². The Kier molecular flexibility index (Phi) is 4.65. The van der Waals surface area contributed by atoms with E-state index in [1.54, 1.807) is 0 Å². The van der Waals surface area contributed by atoms with Crippen LogP contribution < -0.4 is 5.32 Å². The topological polar surface area (TPSA) is 15.3 Å². The summed E-state index contributed by atoms with van der Waals surface area (Å²) < 4.78 is 0. The third-order valence-electron chi connectivity index (χ3n) is 3.90. The van der Waals surface area contributed by atoms with Crippen molar-refractivity contribution in [2.75, 3.05) is 25.0 Å². The molecule has 100 valence electrons. The second-order valence-corrected chi connectivity index (χ2v) is 5.65. The van der Waals surface area contributed by atoms with Gasteiger partial charge in [-0.05, 0) is 49.5 Å². The molecule has 1 fully saturated rings. The minimum Gasteiger partial charge on any atom is -0.381 e. The van der Waals surface area contributed by atoms with Crippen LogP contribution in [0.1, 0.15) is 45.1 Å². The third kappa shape index (κ3) is 3.49. The van der Waals surface area contributed by atoms with Gasteiger partial charge in [-0.3, -0.25) is 0 Å². The Labute approximate surface area is 111 Å². The summed E-state index contributed by atoms with van der Waals surface area (Å²) in [6.07, 6.45) is 2.61.